The summed E-state index contributed by atoms with van der Waals surface area (Å²) in [6, 6.07) is 1.73. The number of hydrogen-bond donors (Lipinski definition) is 1. The molecule has 14 heavy (non-hydrogen) atoms. The lowest BCUT2D eigenvalue weighted by Crippen LogP contribution is -2.17. The van der Waals surface area contributed by atoms with Crippen molar-refractivity contribution >= 4 is 0 Å². The quantitative estimate of drug-likeness (QED) is 0.743. The van der Waals surface area contributed by atoms with Crippen LogP contribution >= 0.6 is 0 Å². The van der Waals surface area contributed by atoms with E-state index in [0.29, 0.717) is 19.0 Å². The van der Waals surface area contributed by atoms with E-state index < -0.39 is 0 Å². The first-order chi connectivity index (χ1) is 6.74. The van der Waals surface area contributed by atoms with Gasteiger partial charge in [-0.15, -0.1) is 0 Å². The molecule has 0 saturated carbocycles. The maximum atomic E-state index is 9.71. The van der Waals surface area contributed by atoms with Crippen LogP contribution in [0, 0.1) is 6.92 Å². The van der Waals surface area contributed by atoms with E-state index in [1.54, 1.807) is 6.07 Å². The highest BCUT2D eigenvalue weighted by Crippen LogP contribution is 2.41. The lowest BCUT2D eigenvalue weighted by molar-refractivity contribution is 0.168. The summed E-state index contributed by atoms with van der Waals surface area (Å²) < 4.78 is 11.0. The molecule has 0 amide bonds. The lowest BCUT2D eigenvalue weighted by atomic mass is 10.1. The topological polar surface area (TPSA) is 38.7 Å². The van der Waals surface area contributed by atoms with Crippen LogP contribution in [0.5, 0.6) is 17.2 Å². The third kappa shape index (κ3) is 1.29. The van der Waals surface area contributed by atoms with E-state index in [-0.39, 0.29) is 0 Å². The molecule has 3 heteroatoms. The Morgan fingerprint density at radius 2 is 1.93 bits per heavy atom. The average molecular weight is 194 g/mol. The molecule has 0 aromatic heterocycles. The van der Waals surface area contributed by atoms with E-state index in [0.717, 1.165) is 29.0 Å². The maximum Gasteiger partial charge on any atom is 0.168 e. The lowest BCUT2D eigenvalue weighted by Gasteiger charge is -2.23. The largest absolute Gasteiger partial charge is 0.508 e. The minimum atomic E-state index is 0.300. The van der Waals surface area contributed by atoms with E-state index >= 15 is 0 Å². The van der Waals surface area contributed by atoms with Crippen LogP contribution in [-0.4, -0.2) is 18.3 Å². The first kappa shape index (κ1) is 9.19. The molecule has 2 rings (SSSR count). The average Bonchev–Trinajstić information content (AvgIpc) is 2.18. The fourth-order valence-corrected chi connectivity index (χ4v) is 1.75. The molecule has 0 fully saturated rings. The number of benzene rings is 1. The Bertz CT molecular complexity index is 338. The summed E-state index contributed by atoms with van der Waals surface area (Å²) in [7, 11) is 0. The van der Waals surface area contributed by atoms with Crippen molar-refractivity contribution in [3.05, 3.63) is 17.2 Å². The van der Waals surface area contributed by atoms with Crippen LogP contribution in [-0.2, 0) is 6.42 Å². The zero-order valence-corrected chi connectivity index (χ0v) is 8.46. The van der Waals surface area contributed by atoms with Gasteiger partial charge in [-0.2, -0.15) is 0 Å². The number of rotatable bonds is 1. The van der Waals surface area contributed by atoms with Gasteiger partial charge in [-0.3, -0.25) is 0 Å². The number of fused-ring (bicyclic) bond motifs is 1. The Labute approximate surface area is 83.3 Å². The highest BCUT2D eigenvalue weighted by atomic mass is 16.6. The van der Waals surface area contributed by atoms with Crippen molar-refractivity contribution in [2.45, 2.75) is 20.3 Å². The van der Waals surface area contributed by atoms with Crippen LogP contribution in [0.2, 0.25) is 0 Å². The van der Waals surface area contributed by atoms with Gasteiger partial charge < -0.3 is 14.6 Å². The Kier molecular flexibility index (Phi) is 2.23. The minimum Gasteiger partial charge on any atom is -0.508 e. The fourth-order valence-electron chi connectivity index (χ4n) is 1.75. The molecule has 0 aliphatic carbocycles. The highest BCUT2D eigenvalue weighted by Gasteiger charge is 2.20. The number of hydrogen-bond acceptors (Lipinski definition) is 3. The summed E-state index contributed by atoms with van der Waals surface area (Å²) in [5.74, 6) is 1.80. The first-order valence-electron chi connectivity index (χ1n) is 4.85. The number of phenolic OH excluding ortho intramolecular Hbond substituents is 1. The molecular formula is C11H14O3. The van der Waals surface area contributed by atoms with E-state index in [1.807, 2.05) is 13.8 Å². The summed E-state index contributed by atoms with van der Waals surface area (Å²) >= 11 is 0. The first-order valence-corrected chi connectivity index (χ1v) is 4.85. The van der Waals surface area contributed by atoms with Crippen molar-refractivity contribution in [3.63, 3.8) is 0 Å². The molecule has 1 aliphatic rings. The second kappa shape index (κ2) is 3.40. The smallest absolute Gasteiger partial charge is 0.168 e. The Morgan fingerprint density at radius 3 is 2.57 bits per heavy atom. The molecule has 1 aliphatic heterocycles. The van der Waals surface area contributed by atoms with Crippen molar-refractivity contribution < 1.29 is 14.6 Å². The van der Waals surface area contributed by atoms with Crippen LogP contribution in [0.3, 0.4) is 0 Å². The van der Waals surface area contributed by atoms with Crippen LogP contribution < -0.4 is 9.47 Å². The van der Waals surface area contributed by atoms with Gasteiger partial charge in [0.05, 0.1) is 0 Å². The van der Waals surface area contributed by atoms with Gasteiger partial charge in [-0.05, 0) is 25.0 Å². The Hall–Kier alpha value is -1.38. The third-order valence-corrected chi connectivity index (χ3v) is 2.43. The normalized spacial score (nSPS) is 14.1. The summed E-state index contributed by atoms with van der Waals surface area (Å²) in [6.07, 6.45) is 0.748. The summed E-state index contributed by atoms with van der Waals surface area (Å²) in [6.45, 7) is 5.04. The van der Waals surface area contributed by atoms with Gasteiger partial charge in [0.15, 0.2) is 11.5 Å². The summed E-state index contributed by atoms with van der Waals surface area (Å²) in [5.41, 5.74) is 1.76. The van der Waals surface area contributed by atoms with Crippen molar-refractivity contribution in [2.24, 2.45) is 0 Å². The second-order valence-electron chi connectivity index (χ2n) is 3.40. The third-order valence-electron chi connectivity index (χ3n) is 2.43. The number of aromatic hydroxyl groups is 1. The van der Waals surface area contributed by atoms with Gasteiger partial charge >= 0.3 is 0 Å². The van der Waals surface area contributed by atoms with Crippen molar-refractivity contribution in [1.82, 2.24) is 0 Å². The molecule has 76 valence electrons. The predicted octanol–water partition coefficient (Wildman–Crippen LogP) is 2.03. The van der Waals surface area contributed by atoms with E-state index in [1.165, 1.54) is 0 Å². The van der Waals surface area contributed by atoms with Crippen molar-refractivity contribution in [1.29, 1.82) is 0 Å². The molecule has 0 saturated heterocycles. The number of ether oxygens (including phenoxy) is 2. The van der Waals surface area contributed by atoms with Gasteiger partial charge in [-0.1, -0.05) is 6.92 Å². The number of phenols is 1. The fraction of sp³-hybridized carbons (Fsp3) is 0.455. The van der Waals surface area contributed by atoms with Gasteiger partial charge in [0.2, 0.25) is 0 Å². The summed E-state index contributed by atoms with van der Waals surface area (Å²) in [4.78, 5) is 0. The van der Waals surface area contributed by atoms with E-state index in [4.69, 9.17) is 9.47 Å². The van der Waals surface area contributed by atoms with Gasteiger partial charge in [0, 0.05) is 5.56 Å². The number of aryl methyl sites for hydroxylation is 1. The maximum absolute atomic E-state index is 9.71. The van der Waals surface area contributed by atoms with E-state index in [2.05, 4.69) is 0 Å². The van der Waals surface area contributed by atoms with Crippen LogP contribution in [0.15, 0.2) is 6.07 Å². The monoisotopic (exact) mass is 194 g/mol. The van der Waals surface area contributed by atoms with Crippen LogP contribution in [0.4, 0.5) is 0 Å². The molecule has 0 spiro atoms. The molecule has 1 aromatic carbocycles. The zero-order valence-electron chi connectivity index (χ0n) is 8.46. The van der Waals surface area contributed by atoms with Crippen molar-refractivity contribution in [3.8, 4) is 17.2 Å². The van der Waals surface area contributed by atoms with Gasteiger partial charge in [0.1, 0.15) is 19.0 Å². The SMILES string of the molecule is CCc1c(O)cc(C)c2c1OCCO2. The van der Waals surface area contributed by atoms with Crippen molar-refractivity contribution in [2.75, 3.05) is 13.2 Å². The molecule has 1 aromatic rings. The zero-order chi connectivity index (χ0) is 10.1. The van der Waals surface area contributed by atoms with Crippen LogP contribution in [0.25, 0.3) is 0 Å². The molecule has 1 N–H and O–H groups in total. The highest BCUT2D eigenvalue weighted by molar-refractivity contribution is 5.58. The summed E-state index contributed by atoms with van der Waals surface area (Å²) in [5, 5.41) is 9.71. The molecule has 0 unspecified atom stereocenters. The molecule has 0 radical (unpaired) electrons. The molecule has 1 heterocycles. The van der Waals surface area contributed by atoms with Crippen LogP contribution in [0.1, 0.15) is 18.1 Å². The standard InChI is InChI=1S/C11H14O3/c1-3-8-9(12)6-7(2)10-11(8)14-5-4-13-10/h6,12H,3-5H2,1-2H3. The predicted molar refractivity (Wildman–Crippen MR) is 53.2 cm³/mol. The molecule has 3 nitrogen and oxygen atoms in total. The Balaban J connectivity index is 2.61. The molecular weight excluding hydrogens is 180 g/mol. The molecule has 0 bridgehead atoms. The van der Waals surface area contributed by atoms with E-state index in [9.17, 15) is 5.11 Å². The molecule has 0 atom stereocenters. The van der Waals surface area contributed by atoms with Gasteiger partial charge in [-0.25, -0.2) is 0 Å². The minimum absolute atomic E-state index is 0.300. The second-order valence-corrected chi connectivity index (χ2v) is 3.40. The Morgan fingerprint density at radius 1 is 1.29 bits per heavy atom. The van der Waals surface area contributed by atoms with Gasteiger partial charge in [0.25, 0.3) is 0 Å².